The lowest BCUT2D eigenvalue weighted by Gasteiger charge is -2.09. The van der Waals surface area contributed by atoms with Crippen molar-refractivity contribution in [3.8, 4) is 5.75 Å². The van der Waals surface area contributed by atoms with Crippen LogP contribution >= 0.6 is 0 Å². The zero-order valence-electron chi connectivity index (χ0n) is 12.5. The highest BCUT2D eigenvalue weighted by Gasteiger charge is 2.20. The largest absolute Gasteiger partial charge is 0.496 e. The highest BCUT2D eigenvalue weighted by molar-refractivity contribution is 7.89. The smallest absolute Gasteiger partial charge is 0.211 e. The zero-order chi connectivity index (χ0) is 15.1. The standard InChI is InChI=1S/C15H24N2O3S/c1-20-15-6-3-2-5-13(15)9-11-17-21(18,19)12-4-10-16-14-7-8-14/h2-3,5-6,14,16-17H,4,7-12H2,1H3. The Bertz CT molecular complexity index is 542. The fourth-order valence-corrected chi connectivity index (χ4v) is 3.26. The van der Waals surface area contributed by atoms with E-state index in [-0.39, 0.29) is 5.75 Å². The first-order chi connectivity index (χ1) is 10.1. The van der Waals surface area contributed by atoms with E-state index in [0.717, 1.165) is 17.9 Å². The Kier molecular flexibility index (Phi) is 6.02. The number of hydrogen-bond acceptors (Lipinski definition) is 4. The predicted octanol–water partition coefficient (Wildman–Crippen LogP) is 1.30. The molecule has 5 nitrogen and oxygen atoms in total. The van der Waals surface area contributed by atoms with E-state index in [1.165, 1.54) is 12.8 Å². The summed E-state index contributed by atoms with van der Waals surface area (Å²) in [6.45, 7) is 1.18. The van der Waals surface area contributed by atoms with Crippen LogP contribution in [0.25, 0.3) is 0 Å². The summed E-state index contributed by atoms with van der Waals surface area (Å²) < 4.78 is 31.6. The molecule has 0 unspecified atom stereocenters. The monoisotopic (exact) mass is 312 g/mol. The van der Waals surface area contributed by atoms with Gasteiger partial charge < -0.3 is 10.1 Å². The molecule has 6 heteroatoms. The Balaban J connectivity index is 1.68. The Morgan fingerprint density at radius 2 is 2.00 bits per heavy atom. The van der Waals surface area contributed by atoms with Crippen LogP contribution in [0.1, 0.15) is 24.8 Å². The van der Waals surface area contributed by atoms with Gasteiger partial charge in [0, 0.05) is 12.6 Å². The van der Waals surface area contributed by atoms with Crippen molar-refractivity contribution in [3.63, 3.8) is 0 Å². The summed E-state index contributed by atoms with van der Waals surface area (Å²) in [7, 11) is -1.56. The number of rotatable bonds is 10. The first-order valence-electron chi connectivity index (χ1n) is 7.43. The Hall–Kier alpha value is -1.11. The average Bonchev–Trinajstić information content (AvgIpc) is 3.28. The average molecular weight is 312 g/mol. The second kappa shape index (κ2) is 7.77. The van der Waals surface area contributed by atoms with Gasteiger partial charge in [0.05, 0.1) is 12.9 Å². The third-order valence-electron chi connectivity index (χ3n) is 3.51. The molecule has 2 rings (SSSR count). The Morgan fingerprint density at radius 1 is 1.24 bits per heavy atom. The fraction of sp³-hybridized carbons (Fsp3) is 0.600. The van der Waals surface area contributed by atoms with Crippen molar-refractivity contribution >= 4 is 10.0 Å². The minimum atomic E-state index is -3.18. The molecular weight excluding hydrogens is 288 g/mol. The molecule has 118 valence electrons. The zero-order valence-corrected chi connectivity index (χ0v) is 13.3. The quantitative estimate of drug-likeness (QED) is 0.639. The maximum atomic E-state index is 11.9. The molecule has 1 aliphatic rings. The van der Waals surface area contributed by atoms with Gasteiger partial charge in [0.2, 0.25) is 10.0 Å². The molecule has 0 saturated heterocycles. The van der Waals surface area contributed by atoms with Crippen LogP contribution in [0.4, 0.5) is 0 Å². The first-order valence-corrected chi connectivity index (χ1v) is 9.08. The number of ether oxygens (including phenoxy) is 1. The van der Waals surface area contributed by atoms with Crippen LogP contribution < -0.4 is 14.8 Å². The highest BCUT2D eigenvalue weighted by Crippen LogP contribution is 2.18. The van der Waals surface area contributed by atoms with Gasteiger partial charge in [-0.05, 0) is 43.9 Å². The van der Waals surface area contributed by atoms with Crippen LogP contribution in [0, 0.1) is 0 Å². The van der Waals surface area contributed by atoms with Crippen molar-refractivity contribution in [2.24, 2.45) is 0 Å². The minimum Gasteiger partial charge on any atom is -0.496 e. The maximum absolute atomic E-state index is 11.9. The van der Waals surface area contributed by atoms with Gasteiger partial charge in [-0.15, -0.1) is 0 Å². The van der Waals surface area contributed by atoms with Crippen molar-refractivity contribution in [3.05, 3.63) is 29.8 Å². The lowest BCUT2D eigenvalue weighted by Crippen LogP contribution is -2.30. The number of nitrogens with one attached hydrogen (secondary N) is 2. The van der Waals surface area contributed by atoms with Crippen LogP contribution in [-0.4, -0.2) is 40.4 Å². The van der Waals surface area contributed by atoms with Gasteiger partial charge in [0.15, 0.2) is 0 Å². The van der Waals surface area contributed by atoms with E-state index in [4.69, 9.17) is 4.74 Å². The SMILES string of the molecule is COc1ccccc1CCNS(=O)(=O)CCCNC1CC1. The van der Waals surface area contributed by atoms with Crippen LogP contribution in [-0.2, 0) is 16.4 Å². The van der Waals surface area contributed by atoms with Crippen LogP contribution in [0.15, 0.2) is 24.3 Å². The third-order valence-corrected chi connectivity index (χ3v) is 4.98. The van der Waals surface area contributed by atoms with E-state index in [1.54, 1.807) is 7.11 Å². The van der Waals surface area contributed by atoms with Crippen molar-refractivity contribution < 1.29 is 13.2 Å². The molecule has 0 atom stereocenters. The van der Waals surface area contributed by atoms with Gasteiger partial charge in [0.25, 0.3) is 0 Å². The lowest BCUT2D eigenvalue weighted by molar-refractivity contribution is 0.409. The molecule has 0 aliphatic heterocycles. The molecule has 1 aromatic rings. The van der Waals surface area contributed by atoms with E-state index in [0.29, 0.717) is 25.4 Å². The number of sulfonamides is 1. The fourth-order valence-electron chi connectivity index (χ4n) is 2.18. The number of benzene rings is 1. The molecule has 1 fully saturated rings. The molecule has 0 radical (unpaired) electrons. The molecule has 1 aliphatic carbocycles. The molecule has 0 bridgehead atoms. The van der Waals surface area contributed by atoms with Gasteiger partial charge >= 0.3 is 0 Å². The molecular formula is C15H24N2O3S. The second-order valence-electron chi connectivity index (χ2n) is 5.36. The third kappa shape index (κ3) is 6.03. The minimum absolute atomic E-state index is 0.179. The predicted molar refractivity (Wildman–Crippen MR) is 84.1 cm³/mol. The van der Waals surface area contributed by atoms with Gasteiger partial charge in [0.1, 0.15) is 5.75 Å². The van der Waals surface area contributed by atoms with E-state index >= 15 is 0 Å². The van der Waals surface area contributed by atoms with Crippen molar-refractivity contribution in [1.29, 1.82) is 0 Å². The Labute approximate surface area is 127 Å². The number of para-hydroxylation sites is 1. The molecule has 0 spiro atoms. The molecule has 1 saturated carbocycles. The summed E-state index contributed by atoms with van der Waals surface area (Å²) >= 11 is 0. The van der Waals surface area contributed by atoms with E-state index in [9.17, 15) is 8.42 Å². The van der Waals surface area contributed by atoms with Crippen LogP contribution in [0.5, 0.6) is 5.75 Å². The van der Waals surface area contributed by atoms with E-state index in [1.807, 2.05) is 24.3 Å². The van der Waals surface area contributed by atoms with Gasteiger partial charge in [-0.2, -0.15) is 0 Å². The van der Waals surface area contributed by atoms with Crippen molar-refractivity contribution in [2.75, 3.05) is 26.0 Å². The molecule has 2 N–H and O–H groups in total. The summed E-state index contributed by atoms with van der Waals surface area (Å²) in [6.07, 6.45) is 3.73. The molecule has 0 aromatic heterocycles. The van der Waals surface area contributed by atoms with Crippen LogP contribution in [0.3, 0.4) is 0 Å². The molecule has 1 aromatic carbocycles. The number of methoxy groups -OCH3 is 1. The van der Waals surface area contributed by atoms with Gasteiger partial charge in [-0.1, -0.05) is 18.2 Å². The summed E-state index contributed by atoms with van der Waals surface area (Å²) in [5.74, 6) is 0.976. The molecule has 21 heavy (non-hydrogen) atoms. The summed E-state index contributed by atoms with van der Waals surface area (Å²) in [5.41, 5.74) is 1.01. The second-order valence-corrected chi connectivity index (χ2v) is 7.28. The van der Waals surface area contributed by atoms with Crippen molar-refractivity contribution in [2.45, 2.75) is 31.7 Å². The van der Waals surface area contributed by atoms with Gasteiger partial charge in [-0.25, -0.2) is 13.1 Å². The van der Waals surface area contributed by atoms with E-state index in [2.05, 4.69) is 10.0 Å². The highest BCUT2D eigenvalue weighted by atomic mass is 32.2. The van der Waals surface area contributed by atoms with Crippen molar-refractivity contribution in [1.82, 2.24) is 10.0 Å². The molecule has 0 amide bonds. The van der Waals surface area contributed by atoms with E-state index < -0.39 is 10.0 Å². The summed E-state index contributed by atoms with van der Waals surface area (Å²) in [5, 5.41) is 3.32. The molecule has 0 heterocycles. The van der Waals surface area contributed by atoms with Crippen LogP contribution in [0.2, 0.25) is 0 Å². The summed E-state index contributed by atoms with van der Waals surface area (Å²) in [4.78, 5) is 0. The number of hydrogen-bond donors (Lipinski definition) is 2. The van der Waals surface area contributed by atoms with Gasteiger partial charge in [-0.3, -0.25) is 0 Å². The lowest BCUT2D eigenvalue weighted by atomic mass is 10.1. The first kappa shape index (κ1) is 16.3. The normalized spacial score (nSPS) is 15.1. The topological polar surface area (TPSA) is 67.4 Å². The maximum Gasteiger partial charge on any atom is 0.211 e. The summed E-state index contributed by atoms with van der Waals surface area (Å²) in [6, 6.07) is 8.29. The Morgan fingerprint density at radius 3 is 2.71 bits per heavy atom.